The molecule has 8 heteroatoms. The minimum absolute atomic E-state index is 0.0756. The molecule has 7 nitrogen and oxygen atoms in total. The second-order valence-corrected chi connectivity index (χ2v) is 6.34. The predicted octanol–water partition coefficient (Wildman–Crippen LogP) is 2.34. The molecule has 2 rings (SSSR count). The number of nitrogens with zero attached hydrogens (tertiary/aromatic N) is 1. The molecule has 0 saturated carbocycles. The van der Waals surface area contributed by atoms with E-state index >= 15 is 0 Å². The Labute approximate surface area is 146 Å². The van der Waals surface area contributed by atoms with Crippen molar-refractivity contribution >= 4 is 28.6 Å². The summed E-state index contributed by atoms with van der Waals surface area (Å²) in [5, 5.41) is 2.73. The van der Waals surface area contributed by atoms with E-state index in [1.54, 1.807) is 14.0 Å². The van der Waals surface area contributed by atoms with Gasteiger partial charge in [0, 0.05) is 18.2 Å². The molecule has 1 aromatic heterocycles. The van der Waals surface area contributed by atoms with Crippen molar-refractivity contribution in [2.24, 2.45) is 4.99 Å². The summed E-state index contributed by atoms with van der Waals surface area (Å²) in [6.07, 6.45) is 0. The summed E-state index contributed by atoms with van der Waals surface area (Å²) >= 11 is 1.49. The van der Waals surface area contributed by atoms with Gasteiger partial charge in [-0.2, -0.15) is 0 Å². The van der Waals surface area contributed by atoms with Crippen molar-refractivity contribution in [3.05, 3.63) is 27.9 Å². The average molecular weight is 352 g/mol. The number of aliphatic imine (C=N–C) groups is 1. The van der Waals surface area contributed by atoms with E-state index < -0.39 is 0 Å². The first-order chi connectivity index (χ1) is 11.5. The van der Waals surface area contributed by atoms with Crippen LogP contribution in [0.1, 0.15) is 41.2 Å². The minimum atomic E-state index is -0.303. The molecule has 0 saturated heterocycles. The fourth-order valence-electron chi connectivity index (χ4n) is 2.49. The first-order valence-electron chi connectivity index (χ1n) is 7.80. The fraction of sp³-hybridized carbons (Fsp3) is 0.500. The van der Waals surface area contributed by atoms with Crippen molar-refractivity contribution in [1.29, 1.82) is 0 Å². The topological polar surface area (TPSA) is 87.7 Å². The van der Waals surface area contributed by atoms with Crippen LogP contribution in [-0.4, -0.2) is 42.5 Å². The Morgan fingerprint density at radius 2 is 2.12 bits per heavy atom. The van der Waals surface area contributed by atoms with Gasteiger partial charge in [-0.1, -0.05) is 11.8 Å². The molecule has 132 valence electrons. The van der Waals surface area contributed by atoms with Gasteiger partial charge in [-0.15, -0.1) is 0 Å². The quantitative estimate of drug-likeness (QED) is 0.681. The number of thioether (sulfide) groups is 1. The molecule has 0 fully saturated rings. The third kappa shape index (κ3) is 4.12. The van der Waals surface area contributed by atoms with Gasteiger partial charge in [0.2, 0.25) is 0 Å². The molecule has 0 unspecified atom stereocenters. The Morgan fingerprint density at radius 3 is 2.71 bits per heavy atom. The van der Waals surface area contributed by atoms with Crippen molar-refractivity contribution in [2.45, 2.75) is 33.7 Å². The van der Waals surface area contributed by atoms with Gasteiger partial charge in [0.1, 0.15) is 0 Å². The standard InChI is InChI=1S/C16H24N4O3S/c1-6-23-15(21)13-10(3)14(18-11(13)4)12-8-24-16(20-19-12)17-9(2)7-22-5/h8-9,18-19H,6-7H2,1-5H3,(H,17,20)/t9-/m1/s1. The van der Waals surface area contributed by atoms with Crippen molar-refractivity contribution in [3.63, 3.8) is 0 Å². The Bertz CT molecular complexity index is 667. The van der Waals surface area contributed by atoms with Gasteiger partial charge in [0.05, 0.1) is 36.2 Å². The molecule has 1 aliphatic heterocycles. The normalized spacial score (nSPS) is 17.0. The zero-order chi connectivity index (χ0) is 17.7. The third-order valence-corrected chi connectivity index (χ3v) is 4.31. The molecular formula is C16H24N4O3S. The number of carbonyl (C=O) groups is 1. The lowest BCUT2D eigenvalue weighted by Crippen LogP contribution is -2.38. The van der Waals surface area contributed by atoms with E-state index in [9.17, 15) is 4.79 Å². The highest BCUT2D eigenvalue weighted by Crippen LogP contribution is 2.26. The summed E-state index contributed by atoms with van der Waals surface area (Å²) in [6, 6.07) is 0.0756. The number of aromatic amines is 1. The fourth-order valence-corrected chi connectivity index (χ4v) is 3.24. The highest BCUT2D eigenvalue weighted by molar-refractivity contribution is 8.16. The van der Waals surface area contributed by atoms with Gasteiger partial charge in [0.25, 0.3) is 0 Å². The summed E-state index contributed by atoms with van der Waals surface area (Å²) in [5.74, 6) is -0.303. The van der Waals surface area contributed by atoms with E-state index in [-0.39, 0.29) is 12.0 Å². The van der Waals surface area contributed by atoms with Crippen LogP contribution in [0, 0.1) is 13.8 Å². The number of esters is 1. The largest absolute Gasteiger partial charge is 0.462 e. The molecule has 0 spiro atoms. The van der Waals surface area contributed by atoms with Crippen molar-refractivity contribution < 1.29 is 14.3 Å². The van der Waals surface area contributed by atoms with Gasteiger partial charge in [-0.3, -0.25) is 15.8 Å². The number of H-pyrrole nitrogens is 1. The summed E-state index contributed by atoms with van der Waals surface area (Å²) in [6.45, 7) is 8.49. The predicted molar refractivity (Wildman–Crippen MR) is 96.8 cm³/mol. The van der Waals surface area contributed by atoms with Gasteiger partial charge < -0.3 is 14.5 Å². The SMILES string of the molecule is CCOC(=O)c1c(C)[nH]c(C2=CSC(=N[C@H](C)COC)NN2)c1C. The number of aryl methyl sites for hydroxylation is 1. The van der Waals surface area contributed by atoms with Crippen LogP contribution < -0.4 is 10.9 Å². The van der Waals surface area contributed by atoms with Crippen molar-refractivity contribution in [1.82, 2.24) is 15.8 Å². The Hall–Kier alpha value is -1.93. The lowest BCUT2D eigenvalue weighted by molar-refractivity contribution is 0.0525. The smallest absolute Gasteiger partial charge is 0.340 e. The number of hydrogen-bond acceptors (Lipinski definition) is 6. The Kier molecular flexibility index (Phi) is 6.33. The van der Waals surface area contributed by atoms with Gasteiger partial charge in [-0.05, 0) is 33.3 Å². The van der Waals surface area contributed by atoms with Crippen LogP contribution in [0.4, 0.5) is 0 Å². The molecule has 3 N–H and O–H groups in total. The van der Waals surface area contributed by atoms with E-state index in [4.69, 9.17) is 9.47 Å². The maximum Gasteiger partial charge on any atom is 0.340 e. The number of hydrogen-bond donors (Lipinski definition) is 3. The molecule has 1 atom stereocenters. The van der Waals surface area contributed by atoms with E-state index in [0.29, 0.717) is 18.8 Å². The minimum Gasteiger partial charge on any atom is -0.462 e. The van der Waals surface area contributed by atoms with Gasteiger partial charge >= 0.3 is 5.97 Å². The third-order valence-electron chi connectivity index (χ3n) is 3.52. The molecule has 0 radical (unpaired) electrons. The number of rotatable bonds is 6. The molecule has 24 heavy (non-hydrogen) atoms. The zero-order valence-corrected chi connectivity index (χ0v) is 15.5. The molecule has 2 heterocycles. The lowest BCUT2D eigenvalue weighted by atomic mass is 10.1. The summed E-state index contributed by atoms with van der Waals surface area (Å²) < 4.78 is 10.2. The number of amidine groups is 1. The monoisotopic (exact) mass is 352 g/mol. The maximum atomic E-state index is 12.1. The maximum absolute atomic E-state index is 12.1. The number of hydrazine groups is 1. The number of ether oxygens (including phenoxy) is 2. The van der Waals surface area contributed by atoms with Crippen LogP contribution in [0.25, 0.3) is 5.70 Å². The number of methoxy groups -OCH3 is 1. The summed E-state index contributed by atoms with van der Waals surface area (Å²) in [4.78, 5) is 19.8. The Balaban J connectivity index is 2.18. The molecule has 0 aromatic carbocycles. The molecule has 0 aliphatic carbocycles. The van der Waals surface area contributed by atoms with Crippen LogP contribution in [0.5, 0.6) is 0 Å². The molecule has 0 amide bonds. The Morgan fingerprint density at radius 1 is 1.38 bits per heavy atom. The zero-order valence-electron chi connectivity index (χ0n) is 14.6. The number of carbonyl (C=O) groups excluding carboxylic acids is 1. The van der Waals surface area contributed by atoms with E-state index in [0.717, 1.165) is 27.8 Å². The number of aromatic nitrogens is 1. The second kappa shape index (κ2) is 8.25. The summed E-state index contributed by atoms with van der Waals surface area (Å²) in [7, 11) is 1.66. The summed E-state index contributed by atoms with van der Waals surface area (Å²) in [5.41, 5.74) is 10.2. The van der Waals surface area contributed by atoms with Crippen LogP contribution in [0.2, 0.25) is 0 Å². The van der Waals surface area contributed by atoms with E-state index in [2.05, 4.69) is 20.8 Å². The van der Waals surface area contributed by atoms with Crippen LogP contribution in [0.3, 0.4) is 0 Å². The molecule has 0 bridgehead atoms. The lowest BCUT2D eigenvalue weighted by Gasteiger charge is -2.19. The molecule has 1 aliphatic rings. The first kappa shape index (κ1) is 18.4. The van der Waals surface area contributed by atoms with Crippen LogP contribution >= 0.6 is 11.8 Å². The van der Waals surface area contributed by atoms with Crippen molar-refractivity contribution in [3.8, 4) is 0 Å². The van der Waals surface area contributed by atoms with Crippen molar-refractivity contribution in [2.75, 3.05) is 20.3 Å². The van der Waals surface area contributed by atoms with Gasteiger partial charge in [0.15, 0.2) is 5.17 Å². The highest BCUT2D eigenvalue weighted by atomic mass is 32.2. The average Bonchev–Trinajstić information content (AvgIpc) is 2.83. The van der Waals surface area contributed by atoms with Gasteiger partial charge in [-0.25, -0.2) is 4.79 Å². The number of nitrogens with one attached hydrogen (secondary N) is 3. The first-order valence-corrected chi connectivity index (χ1v) is 8.68. The van der Waals surface area contributed by atoms with Crippen LogP contribution in [-0.2, 0) is 9.47 Å². The molecular weight excluding hydrogens is 328 g/mol. The van der Waals surface area contributed by atoms with Crippen LogP contribution in [0.15, 0.2) is 10.4 Å². The second-order valence-electron chi connectivity index (χ2n) is 5.48. The molecule has 1 aromatic rings. The van der Waals surface area contributed by atoms with E-state index in [1.807, 2.05) is 26.2 Å². The highest BCUT2D eigenvalue weighted by Gasteiger charge is 2.22. The van der Waals surface area contributed by atoms with E-state index in [1.165, 1.54) is 11.8 Å².